The Hall–Kier alpha value is -3.07. The third kappa shape index (κ3) is 3.59. The van der Waals surface area contributed by atoms with E-state index < -0.39 is 0 Å². The highest BCUT2D eigenvalue weighted by Gasteiger charge is 2.21. The second kappa shape index (κ2) is 7.28. The van der Waals surface area contributed by atoms with Crippen LogP contribution in [0.15, 0.2) is 71.3 Å². The lowest BCUT2D eigenvalue weighted by Crippen LogP contribution is -2.16. The Bertz CT molecular complexity index is 1010. The van der Waals surface area contributed by atoms with E-state index in [1.165, 1.54) is 28.0 Å². The number of anilines is 2. The number of aryl methyl sites for hydroxylation is 1. The molecule has 0 spiro atoms. The van der Waals surface area contributed by atoms with Crippen molar-refractivity contribution in [2.24, 2.45) is 0 Å². The van der Waals surface area contributed by atoms with Crippen LogP contribution in [-0.4, -0.2) is 24.4 Å². The molecule has 3 nitrogen and oxygen atoms in total. The molecule has 0 unspecified atom stereocenters. The maximum absolute atomic E-state index is 6.06. The van der Waals surface area contributed by atoms with Crippen LogP contribution in [0, 0.1) is 6.92 Å². The highest BCUT2D eigenvalue weighted by molar-refractivity contribution is 6.08. The lowest BCUT2D eigenvalue weighted by Gasteiger charge is -2.20. The third-order valence-corrected chi connectivity index (χ3v) is 5.27. The lowest BCUT2D eigenvalue weighted by atomic mass is 9.84. The van der Waals surface area contributed by atoms with Crippen molar-refractivity contribution in [2.45, 2.75) is 20.8 Å². The van der Waals surface area contributed by atoms with Gasteiger partial charge in [0.15, 0.2) is 0 Å². The molecule has 0 aliphatic heterocycles. The van der Waals surface area contributed by atoms with Crippen molar-refractivity contribution in [1.82, 2.24) is 0 Å². The van der Waals surface area contributed by atoms with Crippen molar-refractivity contribution in [3.05, 3.63) is 88.0 Å². The summed E-state index contributed by atoms with van der Waals surface area (Å²) in [6.45, 7) is 6.43. The first-order valence-corrected chi connectivity index (χ1v) is 9.17. The van der Waals surface area contributed by atoms with E-state index in [1.54, 1.807) is 0 Å². The minimum absolute atomic E-state index is 0.766. The number of benzene rings is 2. The van der Waals surface area contributed by atoms with Crippen molar-refractivity contribution in [3.63, 3.8) is 0 Å². The number of hydrogen-bond donors (Lipinski definition) is 2. The van der Waals surface area contributed by atoms with Crippen LogP contribution in [0.4, 0.5) is 11.4 Å². The number of nitrogens with two attached hydrogens (primary N) is 2. The van der Waals surface area contributed by atoms with Crippen LogP contribution < -0.4 is 11.5 Å². The highest BCUT2D eigenvalue weighted by atomic mass is 14.9. The molecule has 27 heavy (non-hydrogen) atoms. The highest BCUT2D eigenvalue weighted by Crippen LogP contribution is 2.35. The Morgan fingerprint density at radius 2 is 1.41 bits per heavy atom. The molecule has 0 radical (unpaired) electrons. The van der Waals surface area contributed by atoms with Crippen LogP contribution in [0.2, 0.25) is 0 Å². The summed E-state index contributed by atoms with van der Waals surface area (Å²) in [5.41, 5.74) is 23.2. The fourth-order valence-corrected chi connectivity index (χ4v) is 3.52. The normalized spacial score (nSPS) is 16.0. The van der Waals surface area contributed by atoms with Gasteiger partial charge in [0.05, 0.1) is 0 Å². The third-order valence-electron chi connectivity index (χ3n) is 5.27. The van der Waals surface area contributed by atoms with Crippen molar-refractivity contribution >= 4 is 22.7 Å². The Labute approximate surface area is 162 Å². The zero-order valence-corrected chi connectivity index (χ0v) is 16.8. The van der Waals surface area contributed by atoms with Gasteiger partial charge in [0, 0.05) is 23.0 Å². The Morgan fingerprint density at radius 3 is 2.00 bits per heavy atom. The van der Waals surface area contributed by atoms with Gasteiger partial charge in [0.2, 0.25) is 5.71 Å². The first kappa shape index (κ1) is 18.7. The van der Waals surface area contributed by atoms with E-state index in [-0.39, 0.29) is 0 Å². The maximum atomic E-state index is 6.06. The molecular weight excluding hydrogens is 330 g/mol. The summed E-state index contributed by atoms with van der Waals surface area (Å²) in [5.74, 6) is 0. The molecule has 0 saturated carbocycles. The molecule has 0 heterocycles. The van der Waals surface area contributed by atoms with Gasteiger partial charge < -0.3 is 11.5 Å². The van der Waals surface area contributed by atoms with E-state index in [2.05, 4.69) is 68.9 Å². The van der Waals surface area contributed by atoms with Gasteiger partial charge >= 0.3 is 0 Å². The first-order valence-electron chi connectivity index (χ1n) is 9.17. The van der Waals surface area contributed by atoms with Gasteiger partial charge in [-0.2, -0.15) is 0 Å². The Balaban J connectivity index is 2.32. The predicted molar refractivity (Wildman–Crippen MR) is 117 cm³/mol. The van der Waals surface area contributed by atoms with Gasteiger partial charge in [-0.3, -0.25) is 0 Å². The van der Waals surface area contributed by atoms with Gasteiger partial charge in [0.1, 0.15) is 14.1 Å². The number of allylic oxidation sites excluding steroid dienone is 5. The van der Waals surface area contributed by atoms with Gasteiger partial charge in [-0.1, -0.05) is 18.2 Å². The first-order chi connectivity index (χ1) is 12.8. The Kier molecular flexibility index (Phi) is 5.04. The summed E-state index contributed by atoms with van der Waals surface area (Å²) < 4.78 is 2.16. The molecule has 0 atom stereocenters. The van der Waals surface area contributed by atoms with E-state index in [0.717, 1.165) is 28.1 Å². The molecule has 0 bridgehead atoms. The van der Waals surface area contributed by atoms with E-state index in [1.807, 2.05) is 25.1 Å². The fourth-order valence-electron chi connectivity index (χ4n) is 3.52. The van der Waals surface area contributed by atoms with Crippen LogP contribution in [0.1, 0.15) is 30.5 Å². The van der Waals surface area contributed by atoms with Crippen molar-refractivity contribution in [2.75, 3.05) is 25.6 Å². The second-order valence-corrected chi connectivity index (χ2v) is 7.35. The van der Waals surface area contributed by atoms with E-state index in [4.69, 9.17) is 11.5 Å². The molecule has 0 saturated heterocycles. The summed E-state index contributed by atoms with van der Waals surface area (Å²) in [6, 6.07) is 14.3. The van der Waals surface area contributed by atoms with Gasteiger partial charge in [-0.25, -0.2) is 4.58 Å². The summed E-state index contributed by atoms with van der Waals surface area (Å²) in [5, 5.41) is 0. The lowest BCUT2D eigenvalue weighted by molar-refractivity contribution is -0.463. The topological polar surface area (TPSA) is 55.0 Å². The molecule has 2 aromatic rings. The van der Waals surface area contributed by atoms with Crippen LogP contribution in [-0.2, 0) is 0 Å². The smallest absolute Gasteiger partial charge is 0.202 e. The van der Waals surface area contributed by atoms with Crippen LogP contribution in [0.25, 0.3) is 5.57 Å². The summed E-state index contributed by atoms with van der Waals surface area (Å²) in [7, 11) is 4.16. The molecule has 138 valence electrons. The molecule has 0 amide bonds. The summed E-state index contributed by atoms with van der Waals surface area (Å²) in [6.07, 6.45) is 4.41. The zero-order chi connectivity index (χ0) is 19.7. The predicted octanol–water partition coefficient (Wildman–Crippen LogP) is 4.58. The van der Waals surface area contributed by atoms with Crippen molar-refractivity contribution in [3.8, 4) is 0 Å². The van der Waals surface area contributed by atoms with Crippen LogP contribution in [0.5, 0.6) is 0 Å². The van der Waals surface area contributed by atoms with Crippen molar-refractivity contribution in [1.29, 1.82) is 0 Å². The number of nitrogen functional groups attached to an aromatic ring is 2. The molecule has 0 fully saturated rings. The molecule has 2 aromatic carbocycles. The van der Waals surface area contributed by atoms with Crippen LogP contribution >= 0.6 is 0 Å². The largest absolute Gasteiger partial charge is 0.399 e. The number of rotatable bonds is 2. The number of hydrogen-bond acceptors (Lipinski definition) is 2. The maximum Gasteiger partial charge on any atom is 0.202 e. The van der Waals surface area contributed by atoms with E-state index in [0.29, 0.717) is 0 Å². The quantitative estimate of drug-likeness (QED) is 0.610. The van der Waals surface area contributed by atoms with E-state index >= 15 is 0 Å². The fraction of sp³-hybridized carbons (Fsp3) is 0.208. The molecule has 0 aromatic heterocycles. The minimum atomic E-state index is 0.766. The molecule has 1 aliphatic rings. The molecule has 1 aliphatic carbocycles. The molecule has 4 N–H and O–H groups in total. The zero-order valence-electron chi connectivity index (χ0n) is 16.8. The van der Waals surface area contributed by atoms with E-state index in [9.17, 15) is 0 Å². The average molecular weight is 359 g/mol. The second-order valence-electron chi connectivity index (χ2n) is 7.35. The standard InChI is InChI=1S/C24H27N3/c1-15-14-19(8-12-22(15)26)24(18-6-9-20(25)10-7-18)21-11-13-23(27(4)5)17(3)16(21)2/h6-14H,1-5H3,(H3,25,26)/p+1. The average Bonchev–Trinajstić information content (AvgIpc) is 2.63. The summed E-state index contributed by atoms with van der Waals surface area (Å²) >= 11 is 0. The van der Waals surface area contributed by atoms with Gasteiger partial charge in [-0.05, 0) is 84.5 Å². The molecule has 3 rings (SSSR count). The molecular formula is C24H28N3+. The van der Waals surface area contributed by atoms with Gasteiger partial charge in [-0.15, -0.1) is 0 Å². The summed E-state index contributed by atoms with van der Waals surface area (Å²) in [4.78, 5) is 0. The Morgan fingerprint density at radius 1 is 0.778 bits per heavy atom. The monoisotopic (exact) mass is 358 g/mol. The van der Waals surface area contributed by atoms with Gasteiger partial charge in [0.25, 0.3) is 0 Å². The molecule has 3 heteroatoms. The van der Waals surface area contributed by atoms with Crippen LogP contribution in [0.3, 0.4) is 0 Å². The van der Waals surface area contributed by atoms with Crippen molar-refractivity contribution < 1.29 is 4.58 Å². The number of nitrogens with zero attached hydrogens (tertiary/aromatic N) is 1. The minimum Gasteiger partial charge on any atom is -0.399 e. The SMILES string of the molecule is CC1=C(C)C(=[N+](C)C)C=CC1=C(c1ccc(N)cc1)c1ccc(N)c(C)c1.